The highest BCUT2D eigenvalue weighted by Gasteiger charge is 2.19. The Labute approximate surface area is 174 Å². The zero-order valence-electron chi connectivity index (χ0n) is 17.2. The van der Waals surface area contributed by atoms with Crippen LogP contribution in [-0.2, 0) is 6.42 Å². The summed E-state index contributed by atoms with van der Waals surface area (Å²) >= 11 is 0. The Morgan fingerprint density at radius 1 is 0.933 bits per heavy atom. The van der Waals surface area contributed by atoms with Gasteiger partial charge in [-0.2, -0.15) is 0 Å². The predicted octanol–water partition coefficient (Wildman–Crippen LogP) is 5.35. The summed E-state index contributed by atoms with van der Waals surface area (Å²) in [6, 6.07) is 17.6. The molecule has 5 heteroatoms. The van der Waals surface area contributed by atoms with Gasteiger partial charge in [0.05, 0.1) is 14.2 Å². The third-order valence-electron chi connectivity index (χ3n) is 5.36. The van der Waals surface area contributed by atoms with Crippen LogP contribution in [0.4, 0.5) is 0 Å². The highest BCUT2D eigenvalue weighted by molar-refractivity contribution is 6.17. The summed E-state index contributed by atoms with van der Waals surface area (Å²) in [4.78, 5) is 16.4. The van der Waals surface area contributed by atoms with Crippen molar-refractivity contribution in [1.82, 2.24) is 4.98 Å². The minimum atomic E-state index is -0.183. The zero-order chi connectivity index (χ0) is 21.3. The number of methoxy groups -OCH3 is 2. The molecule has 1 heterocycles. The largest absolute Gasteiger partial charge is 0.502 e. The smallest absolute Gasteiger partial charge is 0.200 e. The number of carbonyl (C=O) groups excluding carboxylic acids is 1. The fourth-order valence-electron chi connectivity index (χ4n) is 3.61. The highest BCUT2D eigenvalue weighted by Crippen LogP contribution is 2.38. The van der Waals surface area contributed by atoms with Gasteiger partial charge < -0.3 is 19.6 Å². The van der Waals surface area contributed by atoms with Crippen LogP contribution < -0.4 is 9.47 Å². The van der Waals surface area contributed by atoms with Gasteiger partial charge in [0.1, 0.15) is 0 Å². The van der Waals surface area contributed by atoms with Gasteiger partial charge in [-0.25, -0.2) is 0 Å². The minimum Gasteiger partial charge on any atom is -0.502 e. The molecule has 0 spiro atoms. The monoisotopic (exact) mass is 401 g/mol. The van der Waals surface area contributed by atoms with Crippen molar-refractivity contribution in [3.8, 4) is 28.4 Å². The van der Waals surface area contributed by atoms with Crippen LogP contribution >= 0.6 is 0 Å². The number of ether oxygens (including phenoxy) is 2. The first-order chi connectivity index (χ1) is 14.5. The number of hydrogen-bond donors (Lipinski definition) is 2. The lowest BCUT2D eigenvalue weighted by atomic mass is 9.98. The molecule has 1 aromatic heterocycles. The highest BCUT2D eigenvalue weighted by atomic mass is 16.5. The van der Waals surface area contributed by atoms with Gasteiger partial charge in [0, 0.05) is 28.2 Å². The van der Waals surface area contributed by atoms with Crippen LogP contribution in [0.5, 0.6) is 17.2 Å². The molecule has 2 N–H and O–H groups in total. The standard InChI is InChI=1S/C25H23NO4/c1-4-15-5-7-16(8-6-15)17-9-10-19-20(14-26-21(19)11-17)24(27)18-12-22(29-2)25(28)23(13-18)30-3/h5-14,26,28H,4H2,1-3H3. The molecular weight excluding hydrogens is 378 g/mol. The summed E-state index contributed by atoms with van der Waals surface area (Å²) in [5.41, 5.74) is 5.32. The second-order valence-corrected chi connectivity index (χ2v) is 7.07. The van der Waals surface area contributed by atoms with Gasteiger partial charge in [-0.05, 0) is 41.3 Å². The lowest BCUT2D eigenvalue weighted by Crippen LogP contribution is -2.02. The average Bonchev–Trinajstić information content (AvgIpc) is 3.22. The van der Waals surface area contributed by atoms with Crippen LogP contribution in [-0.4, -0.2) is 30.1 Å². The van der Waals surface area contributed by atoms with E-state index in [9.17, 15) is 9.90 Å². The summed E-state index contributed by atoms with van der Waals surface area (Å²) in [5, 5.41) is 10.9. The van der Waals surface area contributed by atoms with Crippen LogP contribution in [0, 0.1) is 0 Å². The molecule has 0 fully saturated rings. The third kappa shape index (κ3) is 3.39. The number of aryl methyl sites for hydroxylation is 1. The first kappa shape index (κ1) is 19.6. The lowest BCUT2D eigenvalue weighted by Gasteiger charge is -2.10. The van der Waals surface area contributed by atoms with Crippen LogP contribution in [0.1, 0.15) is 28.4 Å². The Morgan fingerprint density at radius 3 is 2.17 bits per heavy atom. The van der Waals surface area contributed by atoms with E-state index in [1.54, 1.807) is 6.20 Å². The molecule has 30 heavy (non-hydrogen) atoms. The fourth-order valence-corrected chi connectivity index (χ4v) is 3.61. The Bertz CT molecular complexity index is 1200. The number of aromatic nitrogens is 1. The van der Waals surface area contributed by atoms with E-state index < -0.39 is 0 Å². The first-order valence-corrected chi connectivity index (χ1v) is 9.75. The molecule has 4 aromatic rings. The van der Waals surface area contributed by atoms with E-state index in [1.807, 2.05) is 18.2 Å². The first-order valence-electron chi connectivity index (χ1n) is 9.75. The Morgan fingerprint density at radius 2 is 1.57 bits per heavy atom. The molecule has 0 amide bonds. The minimum absolute atomic E-state index is 0.130. The van der Waals surface area contributed by atoms with Crippen molar-refractivity contribution in [1.29, 1.82) is 0 Å². The number of carbonyl (C=O) groups is 1. The molecule has 0 aliphatic carbocycles. The van der Waals surface area contributed by atoms with Crippen molar-refractivity contribution >= 4 is 16.7 Å². The molecular formula is C25H23NO4. The number of ketones is 1. The number of benzene rings is 3. The summed E-state index contributed by atoms with van der Waals surface area (Å²) in [6.45, 7) is 2.14. The molecule has 0 unspecified atom stereocenters. The summed E-state index contributed by atoms with van der Waals surface area (Å²) < 4.78 is 10.3. The molecule has 4 rings (SSSR count). The maximum atomic E-state index is 13.2. The topological polar surface area (TPSA) is 71.6 Å². The number of fused-ring (bicyclic) bond motifs is 1. The summed E-state index contributed by atoms with van der Waals surface area (Å²) in [7, 11) is 2.87. The van der Waals surface area contributed by atoms with Crippen LogP contribution in [0.25, 0.3) is 22.0 Å². The van der Waals surface area contributed by atoms with Crippen LogP contribution in [0.15, 0.2) is 60.8 Å². The van der Waals surface area contributed by atoms with Gasteiger partial charge in [-0.3, -0.25) is 4.79 Å². The van der Waals surface area contributed by atoms with Crippen LogP contribution in [0.3, 0.4) is 0 Å². The van der Waals surface area contributed by atoms with Crippen molar-refractivity contribution in [3.05, 3.63) is 77.5 Å². The average molecular weight is 401 g/mol. The maximum Gasteiger partial charge on any atom is 0.200 e. The van der Waals surface area contributed by atoms with E-state index in [4.69, 9.17) is 9.47 Å². The van der Waals surface area contributed by atoms with E-state index >= 15 is 0 Å². The van der Waals surface area contributed by atoms with Crippen molar-refractivity contribution in [2.75, 3.05) is 14.2 Å². The van der Waals surface area contributed by atoms with Crippen molar-refractivity contribution < 1.29 is 19.4 Å². The predicted molar refractivity (Wildman–Crippen MR) is 118 cm³/mol. The number of aromatic hydroxyl groups is 1. The van der Waals surface area contributed by atoms with E-state index in [-0.39, 0.29) is 23.0 Å². The molecule has 0 saturated heterocycles. The van der Waals surface area contributed by atoms with Gasteiger partial charge in [0.25, 0.3) is 0 Å². The number of hydrogen-bond acceptors (Lipinski definition) is 4. The molecule has 5 nitrogen and oxygen atoms in total. The quantitative estimate of drug-likeness (QED) is 0.427. The second kappa shape index (κ2) is 7.95. The number of nitrogens with one attached hydrogen (secondary N) is 1. The summed E-state index contributed by atoms with van der Waals surface area (Å²) in [6.07, 6.45) is 2.72. The Kier molecular flexibility index (Phi) is 5.19. The molecule has 152 valence electrons. The maximum absolute atomic E-state index is 13.2. The molecule has 0 atom stereocenters. The summed E-state index contributed by atoms with van der Waals surface area (Å²) in [5.74, 6) is 0.0674. The van der Waals surface area contributed by atoms with Crippen molar-refractivity contribution in [2.24, 2.45) is 0 Å². The van der Waals surface area contributed by atoms with E-state index in [0.29, 0.717) is 11.1 Å². The molecule has 0 saturated carbocycles. The zero-order valence-corrected chi connectivity index (χ0v) is 17.2. The van der Waals surface area contributed by atoms with E-state index in [0.717, 1.165) is 28.5 Å². The van der Waals surface area contributed by atoms with Crippen molar-refractivity contribution in [3.63, 3.8) is 0 Å². The Balaban J connectivity index is 1.72. The molecule has 0 aliphatic heterocycles. The SMILES string of the molecule is CCc1ccc(-c2ccc3c(C(=O)c4cc(OC)c(O)c(OC)c4)c[nH]c3c2)cc1. The van der Waals surface area contributed by atoms with Gasteiger partial charge in [-0.15, -0.1) is 0 Å². The van der Waals surface area contributed by atoms with Gasteiger partial charge in [-0.1, -0.05) is 43.3 Å². The molecule has 0 radical (unpaired) electrons. The molecule has 0 aliphatic rings. The number of aromatic amines is 1. The van der Waals surface area contributed by atoms with Crippen LogP contribution in [0.2, 0.25) is 0 Å². The fraction of sp³-hybridized carbons (Fsp3) is 0.160. The second-order valence-electron chi connectivity index (χ2n) is 7.07. The van der Waals surface area contributed by atoms with Gasteiger partial charge in [0.15, 0.2) is 17.3 Å². The molecule has 3 aromatic carbocycles. The molecule has 0 bridgehead atoms. The normalized spacial score (nSPS) is 10.9. The number of phenolic OH excluding ortho intramolecular Hbond substituents is 1. The Hall–Kier alpha value is -3.73. The van der Waals surface area contributed by atoms with E-state index in [2.05, 4.69) is 36.2 Å². The number of H-pyrrole nitrogens is 1. The van der Waals surface area contributed by atoms with Gasteiger partial charge >= 0.3 is 0 Å². The lowest BCUT2D eigenvalue weighted by molar-refractivity contribution is 0.103. The third-order valence-corrected chi connectivity index (χ3v) is 5.36. The van der Waals surface area contributed by atoms with Gasteiger partial charge in [0.2, 0.25) is 5.75 Å². The number of rotatable bonds is 6. The van der Waals surface area contributed by atoms with Crippen molar-refractivity contribution in [2.45, 2.75) is 13.3 Å². The van der Waals surface area contributed by atoms with E-state index in [1.165, 1.54) is 31.9 Å². The number of phenols is 1.